The van der Waals surface area contributed by atoms with Gasteiger partial charge in [0.05, 0.1) is 11.8 Å². The molecule has 0 aliphatic heterocycles. The Morgan fingerprint density at radius 2 is 1.70 bits per heavy atom. The van der Waals surface area contributed by atoms with Gasteiger partial charge >= 0.3 is 5.97 Å². The van der Waals surface area contributed by atoms with Crippen LogP contribution >= 0.6 is 0 Å². The Hall–Kier alpha value is -1.59. The van der Waals surface area contributed by atoms with Crippen molar-refractivity contribution in [2.24, 2.45) is 17.3 Å². The second-order valence-electron chi connectivity index (χ2n) is 5.86. The zero-order valence-corrected chi connectivity index (χ0v) is 12.8. The fourth-order valence-corrected chi connectivity index (χ4v) is 2.76. The molecule has 1 unspecified atom stereocenters. The van der Waals surface area contributed by atoms with Gasteiger partial charge in [0, 0.05) is 13.1 Å². The molecule has 2 N–H and O–H groups in total. The molecule has 1 aliphatic carbocycles. The summed E-state index contributed by atoms with van der Waals surface area (Å²) < 4.78 is 0. The summed E-state index contributed by atoms with van der Waals surface area (Å²) in [6.07, 6.45) is 0. The molecular formula is C14H24N2O4. The van der Waals surface area contributed by atoms with E-state index in [1.165, 1.54) is 0 Å². The number of carbonyl (C=O) groups excluding carboxylic acids is 2. The summed E-state index contributed by atoms with van der Waals surface area (Å²) in [5.41, 5.74) is -0.548. The van der Waals surface area contributed by atoms with Crippen molar-refractivity contribution in [3.05, 3.63) is 0 Å². The Morgan fingerprint density at radius 3 is 2.05 bits per heavy atom. The quantitative estimate of drug-likeness (QED) is 0.752. The lowest BCUT2D eigenvalue weighted by atomic mass is 10.1. The van der Waals surface area contributed by atoms with Crippen LogP contribution in [-0.4, -0.2) is 46.9 Å². The largest absolute Gasteiger partial charge is 0.481 e. The standard InChI is InChI=1S/C14H24N2O4/c1-6-16(7-2)12(18)8(3)15-11(17)9-10(13(19)20)14(9,4)5/h8-10H,6-7H2,1-5H3,(H,15,17)(H,19,20)/t8?,9-,10+/m1/s1. The number of likely N-dealkylation sites (N-methyl/N-ethyl adjacent to an activating group) is 1. The number of carboxylic acid groups (broad SMARTS) is 1. The number of rotatable bonds is 6. The van der Waals surface area contributed by atoms with E-state index in [0.29, 0.717) is 13.1 Å². The van der Waals surface area contributed by atoms with Gasteiger partial charge in [-0.2, -0.15) is 0 Å². The smallest absolute Gasteiger partial charge is 0.307 e. The van der Waals surface area contributed by atoms with E-state index in [1.54, 1.807) is 25.7 Å². The molecule has 0 aromatic rings. The predicted octanol–water partition coefficient (Wildman–Crippen LogP) is 0.716. The van der Waals surface area contributed by atoms with Gasteiger partial charge in [-0.25, -0.2) is 0 Å². The molecule has 0 spiro atoms. The molecular weight excluding hydrogens is 260 g/mol. The topological polar surface area (TPSA) is 86.7 Å². The molecule has 1 aliphatic rings. The van der Waals surface area contributed by atoms with Crippen LogP contribution in [0.15, 0.2) is 0 Å². The molecule has 3 atom stereocenters. The van der Waals surface area contributed by atoms with E-state index in [1.807, 2.05) is 13.8 Å². The van der Waals surface area contributed by atoms with Gasteiger partial charge in [-0.05, 0) is 26.2 Å². The second-order valence-corrected chi connectivity index (χ2v) is 5.86. The average molecular weight is 284 g/mol. The third-order valence-electron chi connectivity index (χ3n) is 4.18. The molecule has 0 aromatic carbocycles. The summed E-state index contributed by atoms with van der Waals surface area (Å²) in [4.78, 5) is 36.9. The van der Waals surface area contributed by atoms with Crippen molar-refractivity contribution in [1.29, 1.82) is 0 Å². The molecule has 114 valence electrons. The fraction of sp³-hybridized carbons (Fsp3) is 0.786. The van der Waals surface area contributed by atoms with Crippen LogP contribution in [-0.2, 0) is 14.4 Å². The summed E-state index contributed by atoms with van der Waals surface area (Å²) in [6, 6.07) is -0.631. The van der Waals surface area contributed by atoms with Gasteiger partial charge in [0.25, 0.3) is 0 Å². The molecule has 0 saturated heterocycles. The minimum atomic E-state index is -0.960. The van der Waals surface area contributed by atoms with Gasteiger partial charge in [0.2, 0.25) is 11.8 Å². The second kappa shape index (κ2) is 5.81. The lowest BCUT2D eigenvalue weighted by molar-refractivity contribution is -0.140. The molecule has 20 heavy (non-hydrogen) atoms. The summed E-state index contributed by atoms with van der Waals surface area (Å²) in [7, 11) is 0. The van der Waals surface area contributed by atoms with Crippen LogP contribution in [0, 0.1) is 17.3 Å². The van der Waals surface area contributed by atoms with Crippen molar-refractivity contribution >= 4 is 17.8 Å². The first-order chi connectivity index (χ1) is 9.18. The van der Waals surface area contributed by atoms with Crippen molar-refractivity contribution < 1.29 is 19.5 Å². The maximum absolute atomic E-state index is 12.1. The third kappa shape index (κ3) is 2.94. The highest BCUT2D eigenvalue weighted by molar-refractivity contribution is 5.94. The van der Waals surface area contributed by atoms with Crippen LogP contribution in [0.1, 0.15) is 34.6 Å². The van der Waals surface area contributed by atoms with Crippen LogP contribution in [0.2, 0.25) is 0 Å². The predicted molar refractivity (Wildman–Crippen MR) is 73.9 cm³/mol. The van der Waals surface area contributed by atoms with Crippen molar-refractivity contribution in [2.75, 3.05) is 13.1 Å². The van der Waals surface area contributed by atoms with E-state index < -0.39 is 29.3 Å². The number of amides is 2. The first-order valence-electron chi connectivity index (χ1n) is 7.00. The molecule has 0 heterocycles. The highest BCUT2D eigenvalue weighted by atomic mass is 16.4. The normalized spacial score (nSPS) is 24.6. The molecule has 0 bridgehead atoms. The number of carbonyl (C=O) groups is 3. The lowest BCUT2D eigenvalue weighted by Crippen LogP contribution is -2.47. The van der Waals surface area contributed by atoms with Crippen LogP contribution in [0.3, 0.4) is 0 Å². The number of carboxylic acids is 1. The Bertz CT molecular complexity index is 415. The minimum absolute atomic E-state index is 0.145. The van der Waals surface area contributed by atoms with Gasteiger partial charge < -0.3 is 15.3 Å². The van der Waals surface area contributed by atoms with Crippen molar-refractivity contribution in [1.82, 2.24) is 10.2 Å². The van der Waals surface area contributed by atoms with E-state index in [9.17, 15) is 14.4 Å². The summed E-state index contributed by atoms with van der Waals surface area (Å²) in [5, 5.41) is 11.7. The molecule has 6 heteroatoms. The van der Waals surface area contributed by atoms with Crippen LogP contribution in [0.4, 0.5) is 0 Å². The lowest BCUT2D eigenvalue weighted by Gasteiger charge is -2.23. The monoisotopic (exact) mass is 284 g/mol. The molecule has 6 nitrogen and oxygen atoms in total. The Labute approximate surface area is 119 Å². The average Bonchev–Trinajstić information content (AvgIpc) is 2.93. The number of hydrogen-bond acceptors (Lipinski definition) is 3. The minimum Gasteiger partial charge on any atom is -0.481 e. The van der Waals surface area contributed by atoms with Gasteiger partial charge in [-0.3, -0.25) is 14.4 Å². The van der Waals surface area contributed by atoms with Gasteiger partial charge in [0.15, 0.2) is 0 Å². The SMILES string of the molecule is CCN(CC)C(=O)C(C)NC(=O)[C@H]1[C@@H](C(=O)O)C1(C)C. The summed E-state index contributed by atoms with van der Waals surface area (Å²) in [6.45, 7) is 10.1. The molecule has 1 saturated carbocycles. The summed E-state index contributed by atoms with van der Waals surface area (Å²) in [5.74, 6) is -2.69. The van der Waals surface area contributed by atoms with E-state index in [4.69, 9.17) is 5.11 Å². The van der Waals surface area contributed by atoms with Crippen molar-refractivity contribution in [3.63, 3.8) is 0 Å². The van der Waals surface area contributed by atoms with E-state index >= 15 is 0 Å². The highest BCUT2D eigenvalue weighted by Crippen LogP contribution is 2.58. The zero-order valence-electron chi connectivity index (χ0n) is 12.8. The van der Waals surface area contributed by atoms with E-state index in [0.717, 1.165) is 0 Å². The number of nitrogens with zero attached hydrogens (tertiary/aromatic N) is 1. The number of nitrogens with one attached hydrogen (secondary N) is 1. The van der Waals surface area contributed by atoms with Crippen LogP contribution in [0.25, 0.3) is 0 Å². The first kappa shape index (κ1) is 16.5. The van der Waals surface area contributed by atoms with Gasteiger partial charge in [-0.1, -0.05) is 13.8 Å². The fourth-order valence-electron chi connectivity index (χ4n) is 2.76. The van der Waals surface area contributed by atoms with Crippen LogP contribution < -0.4 is 5.32 Å². The summed E-state index contributed by atoms with van der Waals surface area (Å²) >= 11 is 0. The maximum atomic E-state index is 12.1. The molecule has 1 rings (SSSR count). The molecule has 0 radical (unpaired) electrons. The Balaban J connectivity index is 2.64. The Morgan fingerprint density at radius 1 is 1.20 bits per heavy atom. The maximum Gasteiger partial charge on any atom is 0.307 e. The number of hydrogen-bond donors (Lipinski definition) is 2. The highest BCUT2D eigenvalue weighted by Gasteiger charge is 2.66. The molecule has 2 amide bonds. The zero-order chi connectivity index (χ0) is 15.7. The third-order valence-corrected chi connectivity index (χ3v) is 4.18. The van der Waals surface area contributed by atoms with Crippen molar-refractivity contribution in [2.45, 2.75) is 40.7 Å². The Kier molecular flexibility index (Phi) is 4.78. The number of aliphatic carboxylic acids is 1. The van der Waals surface area contributed by atoms with Gasteiger partial charge in [-0.15, -0.1) is 0 Å². The first-order valence-corrected chi connectivity index (χ1v) is 7.00. The molecule has 0 aromatic heterocycles. The molecule has 1 fully saturated rings. The van der Waals surface area contributed by atoms with E-state index in [-0.39, 0.29) is 11.8 Å². The van der Waals surface area contributed by atoms with E-state index in [2.05, 4.69) is 5.32 Å². The van der Waals surface area contributed by atoms with Crippen molar-refractivity contribution in [3.8, 4) is 0 Å². The van der Waals surface area contributed by atoms with Crippen LogP contribution in [0.5, 0.6) is 0 Å². The van der Waals surface area contributed by atoms with Gasteiger partial charge in [0.1, 0.15) is 6.04 Å².